The fourth-order valence-electron chi connectivity index (χ4n) is 4.22. The van der Waals surface area contributed by atoms with Crippen molar-refractivity contribution in [3.05, 3.63) is 0 Å². The molecule has 3 rings (SSSR count). The van der Waals surface area contributed by atoms with Crippen LogP contribution in [0, 0.1) is 5.92 Å². The van der Waals surface area contributed by atoms with E-state index in [1.54, 1.807) is 0 Å². The summed E-state index contributed by atoms with van der Waals surface area (Å²) in [4.78, 5) is 0. The van der Waals surface area contributed by atoms with Gasteiger partial charge in [-0.2, -0.15) is 0 Å². The number of nitrogens with two attached hydrogens (primary N) is 1. The van der Waals surface area contributed by atoms with Crippen molar-refractivity contribution in [2.24, 2.45) is 11.7 Å². The van der Waals surface area contributed by atoms with Gasteiger partial charge in [-0.1, -0.05) is 19.3 Å². The Morgan fingerprint density at radius 3 is 2.50 bits per heavy atom. The van der Waals surface area contributed by atoms with E-state index in [1.807, 2.05) is 0 Å². The third-order valence-electron chi connectivity index (χ3n) is 5.37. The van der Waals surface area contributed by atoms with Gasteiger partial charge in [0, 0.05) is 18.8 Å². The number of hydrogen-bond acceptors (Lipinski definition) is 3. The fraction of sp³-hybridized carbons (Fsp3) is 1.00. The third kappa shape index (κ3) is 2.45. The van der Waals surface area contributed by atoms with Crippen molar-refractivity contribution in [3.63, 3.8) is 0 Å². The lowest BCUT2D eigenvalue weighted by molar-refractivity contribution is -0.137. The Kier molecular flexibility index (Phi) is 3.65. The number of hydrogen-bond donors (Lipinski definition) is 1. The van der Waals surface area contributed by atoms with Gasteiger partial charge in [-0.25, -0.2) is 0 Å². The molecule has 0 amide bonds. The first-order chi connectivity index (χ1) is 8.73. The number of ether oxygens (including phenoxy) is 2. The van der Waals surface area contributed by atoms with Gasteiger partial charge in [-0.3, -0.25) is 0 Å². The van der Waals surface area contributed by atoms with Gasteiger partial charge in [0.25, 0.3) is 0 Å². The Bertz CT molecular complexity index is 261. The largest absolute Gasteiger partial charge is 0.380 e. The summed E-state index contributed by atoms with van der Waals surface area (Å²) in [5.41, 5.74) is 6.74. The van der Waals surface area contributed by atoms with E-state index in [-0.39, 0.29) is 11.1 Å². The highest BCUT2D eigenvalue weighted by Gasteiger charge is 2.45. The molecular weight excluding hydrogens is 226 g/mol. The quantitative estimate of drug-likeness (QED) is 0.781. The standard InChI is InChI=1S/C15H27NO2/c16-15(8-4-9-17-12-15)13-5-10-18-14(11-13)6-2-1-3-7-14/h13H,1-12,16H2. The molecule has 1 aliphatic carbocycles. The van der Waals surface area contributed by atoms with E-state index in [2.05, 4.69) is 0 Å². The van der Waals surface area contributed by atoms with Crippen molar-refractivity contribution < 1.29 is 9.47 Å². The Morgan fingerprint density at radius 1 is 0.944 bits per heavy atom. The summed E-state index contributed by atoms with van der Waals surface area (Å²) < 4.78 is 11.8. The lowest BCUT2D eigenvalue weighted by Crippen LogP contribution is -2.57. The average molecular weight is 253 g/mol. The van der Waals surface area contributed by atoms with Gasteiger partial charge in [0.05, 0.1) is 12.2 Å². The minimum Gasteiger partial charge on any atom is -0.380 e. The van der Waals surface area contributed by atoms with Crippen LogP contribution in [0.4, 0.5) is 0 Å². The third-order valence-corrected chi connectivity index (χ3v) is 5.37. The predicted molar refractivity (Wildman–Crippen MR) is 71.5 cm³/mol. The highest BCUT2D eigenvalue weighted by molar-refractivity contribution is 5.00. The van der Waals surface area contributed by atoms with Crippen molar-refractivity contribution in [2.75, 3.05) is 19.8 Å². The van der Waals surface area contributed by atoms with Crippen LogP contribution in [0.2, 0.25) is 0 Å². The molecule has 1 saturated carbocycles. The summed E-state index contributed by atoms with van der Waals surface area (Å²) >= 11 is 0. The molecule has 2 saturated heterocycles. The van der Waals surface area contributed by atoms with E-state index >= 15 is 0 Å². The highest BCUT2D eigenvalue weighted by Crippen LogP contribution is 2.44. The first-order valence-electron chi connectivity index (χ1n) is 7.73. The highest BCUT2D eigenvalue weighted by atomic mass is 16.5. The summed E-state index contributed by atoms with van der Waals surface area (Å²) in [5.74, 6) is 0.602. The number of rotatable bonds is 1. The molecule has 1 spiro atoms. The van der Waals surface area contributed by atoms with Crippen LogP contribution in [0.15, 0.2) is 0 Å². The molecule has 2 heterocycles. The van der Waals surface area contributed by atoms with Gasteiger partial charge in [0.2, 0.25) is 0 Å². The molecule has 0 aromatic rings. The van der Waals surface area contributed by atoms with Crippen LogP contribution in [0.3, 0.4) is 0 Å². The fourth-order valence-corrected chi connectivity index (χ4v) is 4.22. The van der Waals surface area contributed by atoms with Crippen molar-refractivity contribution in [3.8, 4) is 0 Å². The van der Waals surface area contributed by atoms with Crippen LogP contribution in [-0.4, -0.2) is 31.0 Å². The normalized spacial score (nSPS) is 40.8. The zero-order valence-electron chi connectivity index (χ0n) is 11.5. The smallest absolute Gasteiger partial charge is 0.0686 e. The molecule has 18 heavy (non-hydrogen) atoms. The second-order valence-electron chi connectivity index (χ2n) is 6.67. The van der Waals surface area contributed by atoms with E-state index in [9.17, 15) is 0 Å². The molecule has 3 nitrogen and oxygen atoms in total. The van der Waals surface area contributed by atoms with Crippen LogP contribution < -0.4 is 5.73 Å². The summed E-state index contributed by atoms with van der Waals surface area (Å²) in [5, 5.41) is 0. The molecule has 0 radical (unpaired) electrons. The second kappa shape index (κ2) is 5.10. The van der Waals surface area contributed by atoms with E-state index in [4.69, 9.17) is 15.2 Å². The van der Waals surface area contributed by atoms with Gasteiger partial charge >= 0.3 is 0 Å². The molecule has 104 valence electrons. The Hall–Kier alpha value is -0.120. The van der Waals surface area contributed by atoms with Gasteiger partial charge in [0.1, 0.15) is 0 Å². The average Bonchev–Trinajstić information content (AvgIpc) is 2.41. The monoisotopic (exact) mass is 253 g/mol. The van der Waals surface area contributed by atoms with Crippen LogP contribution >= 0.6 is 0 Å². The van der Waals surface area contributed by atoms with E-state index in [0.29, 0.717) is 5.92 Å². The zero-order valence-corrected chi connectivity index (χ0v) is 11.5. The zero-order chi connectivity index (χ0) is 12.5. The van der Waals surface area contributed by atoms with Crippen molar-refractivity contribution in [2.45, 2.75) is 68.9 Å². The molecule has 0 bridgehead atoms. The maximum atomic E-state index is 6.64. The first-order valence-corrected chi connectivity index (χ1v) is 7.73. The van der Waals surface area contributed by atoms with Gasteiger partial charge < -0.3 is 15.2 Å². The minimum absolute atomic E-state index is 0.0769. The maximum Gasteiger partial charge on any atom is 0.0686 e. The van der Waals surface area contributed by atoms with Gasteiger partial charge in [0.15, 0.2) is 0 Å². The molecule has 3 heteroatoms. The maximum absolute atomic E-state index is 6.64. The topological polar surface area (TPSA) is 44.5 Å². The van der Waals surface area contributed by atoms with Crippen LogP contribution in [0.25, 0.3) is 0 Å². The minimum atomic E-state index is -0.0769. The first kappa shape index (κ1) is 12.9. The Labute approximate surface area is 110 Å². The molecule has 2 atom stereocenters. The van der Waals surface area contributed by atoms with E-state index < -0.39 is 0 Å². The summed E-state index contributed by atoms with van der Waals surface area (Å²) in [7, 11) is 0. The molecule has 3 fully saturated rings. The molecule has 2 aliphatic heterocycles. The molecule has 2 N–H and O–H groups in total. The van der Waals surface area contributed by atoms with E-state index in [1.165, 1.54) is 38.5 Å². The van der Waals surface area contributed by atoms with E-state index in [0.717, 1.165) is 39.1 Å². The summed E-state index contributed by atoms with van der Waals surface area (Å²) in [6.07, 6.45) is 11.1. The van der Waals surface area contributed by atoms with Crippen LogP contribution in [-0.2, 0) is 9.47 Å². The lowest BCUT2D eigenvalue weighted by atomic mass is 9.68. The van der Waals surface area contributed by atoms with Crippen LogP contribution in [0.5, 0.6) is 0 Å². The van der Waals surface area contributed by atoms with Crippen LogP contribution in [0.1, 0.15) is 57.8 Å². The van der Waals surface area contributed by atoms with Gasteiger partial charge in [-0.15, -0.1) is 0 Å². The Morgan fingerprint density at radius 2 is 1.78 bits per heavy atom. The summed E-state index contributed by atoms with van der Waals surface area (Å²) in [6.45, 7) is 2.56. The van der Waals surface area contributed by atoms with Crippen molar-refractivity contribution >= 4 is 0 Å². The molecular formula is C15H27NO2. The molecule has 3 aliphatic rings. The molecule has 0 aromatic carbocycles. The second-order valence-corrected chi connectivity index (χ2v) is 6.67. The predicted octanol–water partition coefficient (Wildman–Crippen LogP) is 2.62. The molecule has 2 unspecified atom stereocenters. The Balaban J connectivity index is 1.69. The van der Waals surface area contributed by atoms with Crippen molar-refractivity contribution in [1.29, 1.82) is 0 Å². The SMILES string of the molecule is NC1(C2CCOC3(CCCCC3)C2)CCCOC1. The van der Waals surface area contributed by atoms with Gasteiger partial charge in [-0.05, 0) is 44.4 Å². The summed E-state index contributed by atoms with van der Waals surface area (Å²) in [6, 6.07) is 0. The molecule has 0 aromatic heterocycles. The van der Waals surface area contributed by atoms with Crippen molar-refractivity contribution in [1.82, 2.24) is 0 Å². The lowest BCUT2D eigenvalue weighted by Gasteiger charge is -2.49.